The number of carbonyl (C=O) groups excluding carboxylic acids is 1. The molecule has 2 aliphatic rings. The number of rotatable bonds is 2. The van der Waals surface area contributed by atoms with Gasteiger partial charge in [-0.2, -0.15) is 0 Å². The molecule has 0 saturated heterocycles. The average molecular weight is 243 g/mol. The zero-order chi connectivity index (χ0) is 12.7. The van der Waals surface area contributed by atoms with Crippen LogP contribution < -0.4 is 5.32 Å². The first-order valence-corrected chi connectivity index (χ1v) is 7.01. The van der Waals surface area contributed by atoms with Crippen LogP contribution in [0.25, 0.3) is 0 Å². The Balaban J connectivity index is 1.70. The highest BCUT2D eigenvalue weighted by molar-refractivity contribution is 5.93. The van der Waals surface area contributed by atoms with Crippen LogP contribution >= 0.6 is 0 Å². The molecule has 3 atom stereocenters. The normalized spacial score (nSPS) is 29.6. The second-order valence-electron chi connectivity index (χ2n) is 6.15. The quantitative estimate of drug-likeness (QED) is 0.843. The van der Waals surface area contributed by atoms with E-state index in [9.17, 15) is 4.79 Å². The van der Waals surface area contributed by atoms with Crippen molar-refractivity contribution in [3.8, 4) is 0 Å². The predicted octanol–water partition coefficient (Wildman–Crippen LogP) is 3.68. The van der Waals surface area contributed by atoms with Gasteiger partial charge in [-0.05, 0) is 68.2 Å². The number of nitrogens with one attached hydrogen (secondary N) is 1. The first-order chi connectivity index (χ1) is 8.61. The van der Waals surface area contributed by atoms with Crippen molar-refractivity contribution in [2.75, 3.05) is 5.32 Å². The lowest BCUT2D eigenvalue weighted by atomic mass is 9.88. The summed E-state index contributed by atoms with van der Waals surface area (Å²) in [4.78, 5) is 12.3. The van der Waals surface area contributed by atoms with Gasteiger partial charge in [0.25, 0.3) is 0 Å². The Bertz CT molecular complexity index is 460. The standard InChI is InChI=1S/C16H21NO/c1-10-5-11(2)7-14(6-10)17-16(18)15-9-12-3-4-13(15)8-12/h5-7,12-13,15H,3-4,8-9H2,1-2H3,(H,17,18)/t12-,13-,15-/m1/s1. The van der Waals surface area contributed by atoms with Crippen molar-refractivity contribution in [2.45, 2.75) is 39.5 Å². The highest BCUT2D eigenvalue weighted by Gasteiger charge is 2.42. The Morgan fingerprint density at radius 3 is 2.39 bits per heavy atom. The highest BCUT2D eigenvalue weighted by Crippen LogP contribution is 2.48. The van der Waals surface area contributed by atoms with Crippen molar-refractivity contribution in [1.82, 2.24) is 0 Å². The minimum atomic E-state index is 0.243. The largest absolute Gasteiger partial charge is 0.326 e. The van der Waals surface area contributed by atoms with Crippen LogP contribution in [0.1, 0.15) is 36.8 Å². The van der Waals surface area contributed by atoms with E-state index in [1.807, 2.05) is 0 Å². The minimum Gasteiger partial charge on any atom is -0.326 e. The molecule has 18 heavy (non-hydrogen) atoms. The van der Waals surface area contributed by atoms with Gasteiger partial charge in [0.1, 0.15) is 0 Å². The maximum Gasteiger partial charge on any atom is 0.227 e. The van der Waals surface area contributed by atoms with Gasteiger partial charge < -0.3 is 5.32 Å². The van der Waals surface area contributed by atoms with Gasteiger partial charge in [-0.15, -0.1) is 0 Å². The van der Waals surface area contributed by atoms with Crippen LogP contribution in [0.5, 0.6) is 0 Å². The number of benzene rings is 1. The van der Waals surface area contributed by atoms with Gasteiger partial charge in [0.05, 0.1) is 0 Å². The van der Waals surface area contributed by atoms with E-state index >= 15 is 0 Å². The fourth-order valence-corrected chi connectivity index (χ4v) is 3.85. The van der Waals surface area contributed by atoms with Crippen molar-refractivity contribution in [3.05, 3.63) is 29.3 Å². The van der Waals surface area contributed by atoms with E-state index in [-0.39, 0.29) is 11.8 Å². The van der Waals surface area contributed by atoms with Crippen LogP contribution in [0.4, 0.5) is 5.69 Å². The minimum absolute atomic E-state index is 0.243. The van der Waals surface area contributed by atoms with Crippen LogP contribution in [0.2, 0.25) is 0 Å². The summed E-state index contributed by atoms with van der Waals surface area (Å²) in [5.74, 6) is 1.99. The summed E-state index contributed by atoms with van der Waals surface area (Å²) in [7, 11) is 0. The fraction of sp³-hybridized carbons (Fsp3) is 0.562. The van der Waals surface area contributed by atoms with Crippen molar-refractivity contribution in [1.29, 1.82) is 0 Å². The number of fused-ring (bicyclic) bond motifs is 2. The van der Waals surface area contributed by atoms with E-state index in [0.717, 1.165) is 18.0 Å². The molecule has 2 fully saturated rings. The summed E-state index contributed by atoms with van der Waals surface area (Å²) in [5.41, 5.74) is 3.37. The lowest BCUT2D eigenvalue weighted by Crippen LogP contribution is -2.27. The third-order valence-electron chi connectivity index (χ3n) is 4.56. The van der Waals surface area contributed by atoms with Gasteiger partial charge >= 0.3 is 0 Å². The molecule has 2 heteroatoms. The molecule has 96 valence electrons. The molecular formula is C16H21NO. The van der Waals surface area contributed by atoms with Gasteiger partial charge in [-0.3, -0.25) is 4.79 Å². The highest BCUT2D eigenvalue weighted by atomic mass is 16.1. The second-order valence-corrected chi connectivity index (χ2v) is 6.15. The van der Waals surface area contributed by atoms with Crippen LogP contribution in [0.15, 0.2) is 18.2 Å². The summed E-state index contributed by atoms with van der Waals surface area (Å²) in [5, 5.41) is 3.11. The Labute approximate surface area is 109 Å². The van der Waals surface area contributed by atoms with E-state index in [1.165, 1.54) is 30.4 Å². The second kappa shape index (κ2) is 4.42. The van der Waals surface area contributed by atoms with Crippen LogP contribution in [-0.4, -0.2) is 5.91 Å². The van der Waals surface area contributed by atoms with E-state index in [0.29, 0.717) is 5.92 Å². The molecule has 0 heterocycles. The monoisotopic (exact) mass is 243 g/mol. The van der Waals surface area contributed by atoms with Gasteiger partial charge in [-0.1, -0.05) is 12.5 Å². The van der Waals surface area contributed by atoms with E-state index in [2.05, 4.69) is 37.4 Å². The number of hydrogen-bond acceptors (Lipinski definition) is 1. The summed E-state index contributed by atoms with van der Waals surface area (Å²) >= 11 is 0. The molecule has 1 amide bonds. The number of carbonyl (C=O) groups is 1. The maximum atomic E-state index is 12.3. The van der Waals surface area contributed by atoms with Gasteiger partial charge in [0.2, 0.25) is 5.91 Å². The number of aryl methyl sites for hydroxylation is 2. The van der Waals surface area contributed by atoms with Gasteiger partial charge in [0.15, 0.2) is 0 Å². The number of anilines is 1. The molecular weight excluding hydrogens is 222 g/mol. The fourth-order valence-electron chi connectivity index (χ4n) is 3.85. The molecule has 1 aromatic rings. The third kappa shape index (κ3) is 2.16. The van der Waals surface area contributed by atoms with Crippen LogP contribution in [-0.2, 0) is 4.79 Å². The van der Waals surface area contributed by atoms with Crippen molar-refractivity contribution < 1.29 is 4.79 Å². The van der Waals surface area contributed by atoms with Crippen LogP contribution in [0, 0.1) is 31.6 Å². The molecule has 1 N–H and O–H groups in total. The lowest BCUT2D eigenvalue weighted by Gasteiger charge is -2.21. The third-order valence-corrected chi connectivity index (χ3v) is 4.56. The molecule has 0 aliphatic heterocycles. The molecule has 0 radical (unpaired) electrons. The summed E-state index contributed by atoms with van der Waals surface area (Å²) in [6.45, 7) is 4.14. The van der Waals surface area contributed by atoms with Crippen molar-refractivity contribution >= 4 is 11.6 Å². The Kier molecular flexibility index (Phi) is 2.89. The summed E-state index contributed by atoms with van der Waals surface area (Å²) in [6.07, 6.45) is 5.00. The molecule has 3 rings (SSSR count). The van der Waals surface area contributed by atoms with Gasteiger partial charge in [-0.25, -0.2) is 0 Å². The first-order valence-electron chi connectivity index (χ1n) is 7.01. The zero-order valence-corrected chi connectivity index (χ0v) is 11.2. The molecule has 0 spiro atoms. The van der Waals surface area contributed by atoms with E-state index in [4.69, 9.17) is 0 Å². The SMILES string of the molecule is Cc1cc(C)cc(NC(=O)[C@@H]2C[C@@H]3CC[C@@H]2C3)c1. The lowest BCUT2D eigenvalue weighted by molar-refractivity contribution is -0.121. The van der Waals surface area contributed by atoms with Crippen molar-refractivity contribution in [3.63, 3.8) is 0 Å². The number of hydrogen-bond donors (Lipinski definition) is 1. The topological polar surface area (TPSA) is 29.1 Å². The zero-order valence-electron chi connectivity index (χ0n) is 11.2. The maximum absolute atomic E-state index is 12.3. The Hall–Kier alpha value is -1.31. The van der Waals surface area contributed by atoms with E-state index < -0.39 is 0 Å². The molecule has 2 aliphatic carbocycles. The van der Waals surface area contributed by atoms with E-state index in [1.54, 1.807) is 0 Å². The Morgan fingerprint density at radius 1 is 1.11 bits per heavy atom. The molecule has 2 bridgehead atoms. The molecule has 0 unspecified atom stereocenters. The van der Waals surface area contributed by atoms with Crippen LogP contribution in [0.3, 0.4) is 0 Å². The smallest absolute Gasteiger partial charge is 0.227 e. The predicted molar refractivity (Wildman–Crippen MR) is 73.5 cm³/mol. The molecule has 1 aromatic carbocycles. The first kappa shape index (κ1) is 11.8. The Morgan fingerprint density at radius 2 is 1.83 bits per heavy atom. The number of amides is 1. The average Bonchev–Trinajstić information content (AvgIpc) is 2.88. The summed E-state index contributed by atoms with van der Waals surface area (Å²) < 4.78 is 0. The summed E-state index contributed by atoms with van der Waals surface area (Å²) in [6, 6.07) is 6.24. The van der Waals surface area contributed by atoms with Gasteiger partial charge in [0, 0.05) is 11.6 Å². The molecule has 2 nitrogen and oxygen atoms in total. The molecule has 2 saturated carbocycles. The molecule has 0 aromatic heterocycles. The van der Waals surface area contributed by atoms with Crippen molar-refractivity contribution in [2.24, 2.45) is 17.8 Å².